The third kappa shape index (κ3) is 1.78. The van der Waals surface area contributed by atoms with Gasteiger partial charge in [0.2, 0.25) is 0 Å². The van der Waals surface area contributed by atoms with Crippen LogP contribution in [0.25, 0.3) is 0 Å². The number of hydrogen-bond acceptors (Lipinski definition) is 3. The van der Waals surface area contributed by atoms with Gasteiger partial charge in [-0.25, -0.2) is 0 Å². The minimum Gasteiger partial charge on any atom is -0.460 e. The van der Waals surface area contributed by atoms with Gasteiger partial charge in [-0.15, -0.1) is 0 Å². The number of Topliss-reactive ketones (excluding diaryl/α,β-unsaturated/α-hetero) is 1. The summed E-state index contributed by atoms with van der Waals surface area (Å²) in [6, 6.07) is 0. The minimum absolute atomic E-state index is 0.100. The summed E-state index contributed by atoms with van der Waals surface area (Å²) in [6.45, 7) is 9.87. The molecule has 2 bridgehead atoms. The van der Waals surface area contributed by atoms with Crippen LogP contribution in [-0.2, 0) is 14.3 Å². The van der Waals surface area contributed by atoms with Crippen LogP contribution in [0, 0.1) is 35.0 Å². The molecular formula is C17H26O3. The number of ether oxygens (including phenoxy) is 1. The zero-order valence-electron chi connectivity index (χ0n) is 13.2. The van der Waals surface area contributed by atoms with E-state index in [0.717, 1.165) is 6.42 Å². The maximum absolute atomic E-state index is 12.8. The van der Waals surface area contributed by atoms with Crippen molar-refractivity contribution in [2.45, 2.75) is 59.5 Å². The second-order valence-electron chi connectivity index (χ2n) is 8.18. The maximum Gasteiger partial charge on any atom is 0.303 e. The highest BCUT2D eigenvalue weighted by Gasteiger charge is 2.65. The van der Waals surface area contributed by atoms with E-state index in [-0.39, 0.29) is 29.1 Å². The maximum atomic E-state index is 12.8. The molecule has 0 amide bonds. The first-order valence-electron chi connectivity index (χ1n) is 7.89. The van der Waals surface area contributed by atoms with Crippen molar-refractivity contribution in [1.82, 2.24) is 0 Å². The predicted molar refractivity (Wildman–Crippen MR) is 75.9 cm³/mol. The van der Waals surface area contributed by atoms with E-state index in [1.54, 1.807) is 0 Å². The fourth-order valence-electron chi connectivity index (χ4n) is 5.61. The standard InChI is InChI=1S/C17H26O3/c1-9-11-6-12-14(15(9)19)13(8-17(12,5)7-11)16(3,4)20-10(2)18/h9,11-14H,6-8H2,1-5H3/t9-,11-,12-,13-,14+,17+/m1/s1. The van der Waals surface area contributed by atoms with E-state index in [1.807, 2.05) is 13.8 Å². The van der Waals surface area contributed by atoms with Gasteiger partial charge in [0.25, 0.3) is 0 Å². The van der Waals surface area contributed by atoms with Gasteiger partial charge >= 0.3 is 5.97 Å². The predicted octanol–water partition coefficient (Wildman–Crippen LogP) is 3.22. The fourth-order valence-corrected chi connectivity index (χ4v) is 5.61. The monoisotopic (exact) mass is 278 g/mol. The number of carbonyl (C=O) groups excluding carboxylic acids is 2. The van der Waals surface area contributed by atoms with Gasteiger partial charge in [-0.1, -0.05) is 13.8 Å². The Balaban J connectivity index is 1.96. The summed E-state index contributed by atoms with van der Waals surface area (Å²) in [4.78, 5) is 24.2. The van der Waals surface area contributed by atoms with E-state index in [2.05, 4.69) is 13.8 Å². The van der Waals surface area contributed by atoms with Crippen LogP contribution in [0.2, 0.25) is 0 Å². The van der Waals surface area contributed by atoms with Crippen molar-refractivity contribution in [3.05, 3.63) is 0 Å². The molecule has 0 heterocycles. The molecular weight excluding hydrogens is 252 g/mol. The van der Waals surface area contributed by atoms with E-state index < -0.39 is 5.60 Å². The molecule has 3 rings (SSSR count). The Hall–Kier alpha value is -0.860. The molecule has 0 N–H and O–H groups in total. The lowest BCUT2D eigenvalue weighted by Gasteiger charge is -2.40. The third-order valence-corrected chi connectivity index (χ3v) is 6.52. The van der Waals surface area contributed by atoms with Gasteiger partial charge in [-0.3, -0.25) is 9.59 Å². The number of carbonyl (C=O) groups is 2. The third-order valence-electron chi connectivity index (χ3n) is 6.52. The average Bonchev–Trinajstić information content (AvgIpc) is 2.73. The molecule has 3 nitrogen and oxygen atoms in total. The van der Waals surface area contributed by atoms with Crippen molar-refractivity contribution in [3.8, 4) is 0 Å². The van der Waals surface area contributed by atoms with Gasteiger partial charge in [0.1, 0.15) is 11.4 Å². The molecule has 3 heteroatoms. The second-order valence-corrected chi connectivity index (χ2v) is 8.18. The van der Waals surface area contributed by atoms with Gasteiger partial charge < -0.3 is 4.74 Å². The molecule has 0 spiro atoms. The van der Waals surface area contributed by atoms with Crippen LogP contribution in [0.5, 0.6) is 0 Å². The van der Waals surface area contributed by atoms with Crippen LogP contribution in [0.1, 0.15) is 53.9 Å². The first-order valence-corrected chi connectivity index (χ1v) is 7.89. The zero-order chi connectivity index (χ0) is 14.9. The molecule has 0 aromatic rings. The molecule has 0 aromatic carbocycles. The smallest absolute Gasteiger partial charge is 0.303 e. The van der Waals surface area contributed by atoms with E-state index in [0.29, 0.717) is 17.6 Å². The Morgan fingerprint density at radius 3 is 2.60 bits per heavy atom. The van der Waals surface area contributed by atoms with Crippen LogP contribution in [-0.4, -0.2) is 17.4 Å². The van der Waals surface area contributed by atoms with Gasteiger partial charge in [0.15, 0.2) is 0 Å². The lowest BCUT2D eigenvalue weighted by Crippen LogP contribution is -2.45. The van der Waals surface area contributed by atoms with Crippen LogP contribution in [0.15, 0.2) is 0 Å². The van der Waals surface area contributed by atoms with E-state index >= 15 is 0 Å². The molecule has 0 radical (unpaired) electrons. The van der Waals surface area contributed by atoms with Crippen LogP contribution >= 0.6 is 0 Å². The number of hydrogen-bond donors (Lipinski definition) is 0. The molecule has 3 fully saturated rings. The molecule has 0 aromatic heterocycles. The first kappa shape index (κ1) is 14.1. The van der Waals surface area contributed by atoms with Crippen LogP contribution < -0.4 is 0 Å². The lowest BCUT2D eigenvalue weighted by molar-refractivity contribution is -0.164. The van der Waals surface area contributed by atoms with Gasteiger partial charge in [-0.2, -0.15) is 0 Å². The van der Waals surface area contributed by atoms with Crippen molar-refractivity contribution >= 4 is 11.8 Å². The summed E-state index contributed by atoms with van der Waals surface area (Å²) >= 11 is 0. The summed E-state index contributed by atoms with van der Waals surface area (Å²) in [5, 5.41) is 0. The Morgan fingerprint density at radius 1 is 1.35 bits per heavy atom. The summed E-state index contributed by atoms with van der Waals surface area (Å²) in [5.41, 5.74) is -0.260. The second kappa shape index (κ2) is 4.08. The Bertz CT molecular complexity index is 467. The van der Waals surface area contributed by atoms with Crippen molar-refractivity contribution in [1.29, 1.82) is 0 Å². The highest BCUT2D eigenvalue weighted by Crippen LogP contribution is 2.67. The number of rotatable bonds is 2. The van der Waals surface area contributed by atoms with E-state index in [1.165, 1.54) is 19.8 Å². The quantitative estimate of drug-likeness (QED) is 0.728. The van der Waals surface area contributed by atoms with Crippen molar-refractivity contribution in [2.75, 3.05) is 0 Å². The number of esters is 1. The highest BCUT2D eigenvalue weighted by atomic mass is 16.6. The van der Waals surface area contributed by atoms with E-state index in [4.69, 9.17) is 4.74 Å². The van der Waals surface area contributed by atoms with Crippen LogP contribution in [0.3, 0.4) is 0 Å². The Kier molecular flexibility index (Phi) is 2.88. The first-order chi connectivity index (χ1) is 9.16. The van der Waals surface area contributed by atoms with Crippen molar-refractivity contribution in [3.63, 3.8) is 0 Å². The molecule has 3 saturated carbocycles. The molecule has 0 unspecified atom stereocenters. The van der Waals surface area contributed by atoms with Gasteiger partial charge in [0, 0.05) is 24.7 Å². The summed E-state index contributed by atoms with van der Waals surface area (Å²) in [5.74, 6) is 1.75. The molecule has 3 aliphatic rings. The zero-order valence-corrected chi connectivity index (χ0v) is 13.2. The molecule has 112 valence electrons. The number of ketones is 1. The van der Waals surface area contributed by atoms with Crippen LogP contribution in [0.4, 0.5) is 0 Å². The fraction of sp³-hybridized carbons (Fsp3) is 0.882. The minimum atomic E-state index is -0.536. The van der Waals surface area contributed by atoms with E-state index in [9.17, 15) is 9.59 Å². The highest BCUT2D eigenvalue weighted by molar-refractivity contribution is 5.86. The molecule has 3 aliphatic carbocycles. The van der Waals surface area contributed by atoms with Crippen molar-refractivity contribution < 1.29 is 14.3 Å². The summed E-state index contributed by atoms with van der Waals surface area (Å²) in [6.07, 6.45) is 3.39. The summed E-state index contributed by atoms with van der Waals surface area (Å²) in [7, 11) is 0. The van der Waals surface area contributed by atoms with Gasteiger partial charge in [-0.05, 0) is 50.4 Å². The molecule has 6 atom stereocenters. The average molecular weight is 278 g/mol. The van der Waals surface area contributed by atoms with Crippen molar-refractivity contribution in [2.24, 2.45) is 35.0 Å². The lowest BCUT2D eigenvalue weighted by atomic mass is 9.67. The summed E-state index contributed by atoms with van der Waals surface area (Å²) < 4.78 is 5.57. The largest absolute Gasteiger partial charge is 0.460 e. The molecule has 0 saturated heterocycles. The molecule has 20 heavy (non-hydrogen) atoms. The SMILES string of the molecule is CC(=O)OC(C)(C)[C@@H]1C[C@]2(C)C[C@H]3C[C@@H]2[C@@H]1C(=O)[C@@H]3C. The molecule has 0 aliphatic heterocycles. The normalized spacial score (nSPS) is 46.6. The number of fused-ring (bicyclic) bond motifs is 1. The Morgan fingerprint density at radius 2 is 2.00 bits per heavy atom. The Labute approximate surface area is 121 Å². The topological polar surface area (TPSA) is 43.4 Å². The van der Waals surface area contributed by atoms with Gasteiger partial charge in [0.05, 0.1) is 0 Å².